The van der Waals surface area contributed by atoms with Crippen molar-refractivity contribution in [2.45, 2.75) is 50.2 Å². The van der Waals surface area contributed by atoms with Crippen LogP contribution in [-0.4, -0.2) is 22.8 Å². The van der Waals surface area contributed by atoms with Crippen molar-refractivity contribution in [2.24, 2.45) is 0 Å². The predicted octanol–water partition coefficient (Wildman–Crippen LogP) is 3.24. The second kappa shape index (κ2) is 4.48. The summed E-state index contributed by atoms with van der Waals surface area (Å²) in [7, 11) is 1.82. The van der Waals surface area contributed by atoms with E-state index in [9.17, 15) is 0 Å². The Morgan fingerprint density at radius 3 is 2.80 bits per heavy atom. The summed E-state index contributed by atoms with van der Waals surface area (Å²) in [4.78, 5) is 4.87. The highest BCUT2D eigenvalue weighted by Crippen LogP contribution is 2.44. The number of anilines is 1. The Labute approximate surface area is 118 Å². The van der Waals surface area contributed by atoms with Gasteiger partial charge in [-0.25, -0.2) is 4.98 Å². The highest BCUT2D eigenvalue weighted by Gasteiger charge is 2.34. The number of ether oxygens (including phenoxy) is 1. The molecule has 2 aromatic rings. The molecule has 1 aromatic heterocycles. The smallest absolute Gasteiger partial charge is 0.113 e. The van der Waals surface area contributed by atoms with Crippen LogP contribution in [0.1, 0.15) is 49.9 Å². The Balaban J connectivity index is 1.81. The van der Waals surface area contributed by atoms with E-state index in [1.54, 1.807) is 0 Å². The second-order valence-electron chi connectivity index (χ2n) is 6.19. The first kappa shape index (κ1) is 12.2. The molecule has 20 heavy (non-hydrogen) atoms. The third-order valence-electron chi connectivity index (χ3n) is 4.74. The van der Waals surface area contributed by atoms with Crippen LogP contribution in [0.5, 0.6) is 0 Å². The number of rotatable bonds is 3. The van der Waals surface area contributed by atoms with Crippen LogP contribution in [0.2, 0.25) is 0 Å². The summed E-state index contributed by atoms with van der Waals surface area (Å²) in [6, 6.07) is 6.65. The van der Waals surface area contributed by atoms with Crippen LogP contribution in [0, 0.1) is 0 Å². The molecule has 2 saturated carbocycles. The van der Waals surface area contributed by atoms with Gasteiger partial charge in [0.25, 0.3) is 0 Å². The molecule has 4 heteroatoms. The van der Waals surface area contributed by atoms with E-state index in [1.807, 2.05) is 19.2 Å². The Morgan fingerprint density at radius 2 is 2.10 bits per heavy atom. The van der Waals surface area contributed by atoms with Gasteiger partial charge in [0.2, 0.25) is 0 Å². The maximum absolute atomic E-state index is 5.90. The molecular formula is C16H21N3O. The molecule has 0 amide bonds. The van der Waals surface area contributed by atoms with Crippen LogP contribution in [0.25, 0.3) is 11.0 Å². The first-order chi connectivity index (χ1) is 9.76. The molecule has 2 aliphatic carbocycles. The van der Waals surface area contributed by atoms with Gasteiger partial charge in [0.15, 0.2) is 0 Å². The number of nitrogens with zero attached hydrogens (tertiary/aromatic N) is 2. The Kier molecular flexibility index (Phi) is 2.74. The van der Waals surface area contributed by atoms with Crippen molar-refractivity contribution in [3.05, 3.63) is 24.0 Å². The molecule has 2 aliphatic rings. The minimum absolute atomic E-state index is 0.401. The van der Waals surface area contributed by atoms with Crippen molar-refractivity contribution in [1.82, 2.24) is 9.55 Å². The zero-order valence-electron chi connectivity index (χ0n) is 11.9. The number of imidazole rings is 1. The fourth-order valence-corrected chi connectivity index (χ4v) is 3.51. The SMILES string of the molecule is COC1CCC(n2c(C3CC3)nc3cc(N)ccc32)C1. The molecule has 0 spiro atoms. The van der Waals surface area contributed by atoms with E-state index in [1.165, 1.54) is 30.6 Å². The maximum atomic E-state index is 5.90. The van der Waals surface area contributed by atoms with Crippen molar-refractivity contribution < 1.29 is 4.74 Å². The summed E-state index contributed by atoms with van der Waals surface area (Å²) in [5.41, 5.74) is 8.99. The molecule has 1 heterocycles. The average Bonchev–Trinajstić information content (AvgIpc) is 3.07. The van der Waals surface area contributed by atoms with Gasteiger partial charge in [-0.15, -0.1) is 0 Å². The molecule has 0 aliphatic heterocycles. The lowest BCUT2D eigenvalue weighted by Crippen LogP contribution is -2.11. The van der Waals surface area contributed by atoms with Crippen LogP contribution in [0.15, 0.2) is 18.2 Å². The largest absolute Gasteiger partial charge is 0.399 e. The fraction of sp³-hybridized carbons (Fsp3) is 0.562. The van der Waals surface area contributed by atoms with E-state index in [0.717, 1.165) is 24.0 Å². The summed E-state index contributed by atoms with van der Waals surface area (Å²) >= 11 is 0. The van der Waals surface area contributed by atoms with Gasteiger partial charge in [0, 0.05) is 24.8 Å². The summed E-state index contributed by atoms with van der Waals surface area (Å²) < 4.78 is 8.01. The Bertz CT molecular complexity index is 644. The minimum atomic E-state index is 0.401. The monoisotopic (exact) mass is 271 g/mol. The molecular weight excluding hydrogens is 250 g/mol. The number of fused-ring (bicyclic) bond motifs is 1. The predicted molar refractivity (Wildman–Crippen MR) is 79.8 cm³/mol. The van der Waals surface area contributed by atoms with Crippen molar-refractivity contribution in [3.63, 3.8) is 0 Å². The van der Waals surface area contributed by atoms with Gasteiger partial charge < -0.3 is 15.0 Å². The van der Waals surface area contributed by atoms with Crippen LogP contribution in [0.4, 0.5) is 5.69 Å². The molecule has 2 unspecified atom stereocenters. The van der Waals surface area contributed by atoms with E-state index >= 15 is 0 Å². The Hall–Kier alpha value is -1.55. The maximum Gasteiger partial charge on any atom is 0.113 e. The lowest BCUT2D eigenvalue weighted by Gasteiger charge is -2.17. The molecule has 0 saturated heterocycles. The number of benzene rings is 1. The third kappa shape index (κ3) is 1.90. The van der Waals surface area contributed by atoms with E-state index in [4.69, 9.17) is 15.5 Å². The number of hydrogen-bond acceptors (Lipinski definition) is 3. The van der Waals surface area contributed by atoms with Crippen molar-refractivity contribution in [1.29, 1.82) is 0 Å². The van der Waals surface area contributed by atoms with Gasteiger partial charge >= 0.3 is 0 Å². The standard InChI is InChI=1S/C16H21N3O/c1-20-13-6-5-12(9-13)19-15-7-4-11(17)8-14(15)18-16(19)10-2-3-10/h4,7-8,10,12-13H,2-3,5-6,9,17H2,1H3. The van der Waals surface area contributed by atoms with Crippen LogP contribution >= 0.6 is 0 Å². The second-order valence-corrected chi connectivity index (χ2v) is 6.19. The van der Waals surface area contributed by atoms with Crippen LogP contribution in [-0.2, 0) is 4.74 Å². The summed E-state index contributed by atoms with van der Waals surface area (Å²) in [5.74, 6) is 1.93. The molecule has 106 valence electrons. The molecule has 4 rings (SSSR count). The normalized spacial score (nSPS) is 26.4. The van der Waals surface area contributed by atoms with Gasteiger partial charge in [-0.1, -0.05) is 0 Å². The number of hydrogen-bond donors (Lipinski definition) is 1. The topological polar surface area (TPSA) is 53.1 Å². The van der Waals surface area contributed by atoms with Crippen molar-refractivity contribution in [3.8, 4) is 0 Å². The highest BCUT2D eigenvalue weighted by molar-refractivity contribution is 5.80. The molecule has 0 bridgehead atoms. The molecule has 0 radical (unpaired) electrons. The molecule has 1 aromatic carbocycles. The number of nitrogens with two attached hydrogens (primary N) is 1. The summed E-state index contributed by atoms with van der Waals surface area (Å²) in [6.07, 6.45) is 6.40. The summed E-state index contributed by atoms with van der Waals surface area (Å²) in [5, 5.41) is 0. The Morgan fingerprint density at radius 1 is 1.25 bits per heavy atom. The van der Waals surface area contributed by atoms with E-state index in [2.05, 4.69) is 10.6 Å². The lowest BCUT2D eigenvalue weighted by atomic mass is 10.2. The fourth-order valence-electron chi connectivity index (χ4n) is 3.51. The average molecular weight is 271 g/mol. The quantitative estimate of drug-likeness (QED) is 0.872. The molecule has 2 fully saturated rings. The van der Waals surface area contributed by atoms with Gasteiger partial charge in [-0.3, -0.25) is 0 Å². The van der Waals surface area contributed by atoms with Crippen LogP contribution < -0.4 is 5.73 Å². The van der Waals surface area contributed by atoms with Crippen molar-refractivity contribution in [2.75, 3.05) is 12.8 Å². The van der Waals surface area contributed by atoms with Crippen molar-refractivity contribution >= 4 is 16.7 Å². The minimum Gasteiger partial charge on any atom is -0.399 e. The highest BCUT2D eigenvalue weighted by atomic mass is 16.5. The van der Waals surface area contributed by atoms with Gasteiger partial charge in [0.1, 0.15) is 5.82 Å². The van der Waals surface area contributed by atoms with E-state index < -0.39 is 0 Å². The van der Waals surface area contributed by atoms with Gasteiger partial charge in [-0.05, 0) is 50.3 Å². The third-order valence-corrected chi connectivity index (χ3v) is 4.74. The van der Waals surface area contributed by atoms with Crippen LogP contribution in [0.3, 0.4) is 0 Å². The first-order valence-electron chi connectivity index (χ1n) is 7.56. The van der Waals surface area contributed by atoms with E-state index in [0.29, 0.717) is 18.1 Å². The van der Waals surface area contributed by atoms with E-state index in [-0.39, 0.29) is 0 Å². The van der Waals surface area contributed by atoms with Gasteiger partial charge in [-0.2, -0.15) is 0 Å². The number of methoxy groups -OCH3 is 1. The molecule has 2 N–H and O–H groups in total. The zero-order valence-corrected chi connectivity index (χ0v) is 11.9. The summed E-state index contributed by atoms with van der Waals surface area (Å²) in [6.45, 7) is 0. The van der Waals surface area contributed by atoms with Gasteiger partial charge in [0.05, 0.1) is 17.1 Å². The molecule has 2 atom stereocenters. The lowest BCUT2D eigenvalue weighted by molar-refractivity contribution is 0.106. The zero-order chi connectivity index (χ0) is 13.7. The number of nitrogen functional groups attached to an aromatic ring is 1. The first-order valence-corrected chi connectivity index (χ1v) is 7.56. The number of aromatic nitrogens is 2. The molecule has 4 nitrogen and oxygen atoms in total.